The predicted octanol–water partition coefficient (Wildman–Crippen LogP) is -4.84. The van der Waals surface area contributed by atoms with E-state index in [0.717, 1.165) is 10.1 Å². The molecule has 0 aliphatic heterocycles. The summed E-state index contributed by atoms with van der Waals surface area (Å²) >= 11 is 0. The van der Waals surface area contributed by atoms with E-state index in [1.165, 1.54) is 11.6 Å². The van der Waals surface area contributed by atoms with Gasteiger partial charge < -0.3 is 0 Å². The number of hydrogen-bond acceptors (Lipinski definition) is 6. The molecule has 0 fully saturated rings. The molecule has 0 saturated carbocycles. The zero-order valence-corrected chi connectivity index (χ0v) is 15.0. The van der Waals surface area contributed by atoms with Crippen LogP contribution in [0.25, 0.3) is 11.2 Å². The molecule has 0 saturated heterocycles. The molecule has 140 valence electrons. The molecule has 0 atom stereocenters. The molecule has 0 spiro atoms. The highest BCUT2D eigenvalue weighted by Gasteiger charge is 2.22. The molecule has 0 N–H and O–H groups in total. The van der Waals surface area contributed by atoms with E-state index in [4.69, 9.17) is 18.6 Å². The van der Waals surface area contributed by atoms with E-state index in [1.54, 1.807) is 11.6 Å². The molecule has 0 bridgehead atoms. The summed E-state index contributed by atoms with van der Waals surface area (Å²) in [7, 11) is 0.0730. The molecule has 2 heterocycles. The zero-order valence-electron chi connectivity index (χ0n) is 14.3. The Bertz CT molecular complexity index is 1030. The molecular weight excluding hydrogens is 368 g/mol. The smallest absolute Gasteiger partial charge is 0.265 e. The Morgan fingerprint density at radius 2 is 1.54 bits per heavy atom. The molecule has 1 aromatic carbocycles. The number of aryl methyl sites for hydroxylation is 2. The van der Waals surface area contributed by atoms with Crippen molar-refractivity contribution in [1.29, 1.82) is 0 Å². The molecule has 0 aliphatic carbocycles. The Hall–Kier alpha value is -2.50. The van der Waals surface area contributed by atoms with Crippen LogP contribution in [0, 0.1) is 10.2 Å². The second-order valence-electron chi connectivity index (χ2n) is 5.60. The van der Waals surface area contributed by atoms with Crippen LogP contribution < -0.4 is 34.5 Å². The third kappa shape index (κ3) is 4.36. The van der Waals surface area contributed by atoms with Crippen molar-refractivity contribution in [2.75, 3.05) is 0 Å². The minimum absolute atomic E-state index is 0.273. The number of halogens is 1. The van der Waals surface area contributed by atoms with Crippen molar-refractivity contribution < 1.29 is 33.4 Å². The summed E-state index contributed by atoms with van der Waals surface area (Å²) < 4.78 is 40.3. The molecule has 11 heteroatoms. The van der Waals surface area contributed by atoms with Crippen LogP contribution in [0.1, 0.15) is 5.56 Å². The topological polar surface area (TPSA) is 145 Å². The zero-order chi connectivity index (χ0) is 19.6. The summed E-state index contributed by atoms with van der Waals surface area (Å²) in [4.78, 5) is 24.5. The predicted molar refractivity (Wildman–Crippen MR) is 79.1 cm³/mol. The highest BCUT2D eigenvalue weighted by atomic mass is 35.7. The fourth-order valence-electron chi connectivity index (χ4n) is 2.69. The molecule has 2 aromatic heterocycles. The van der Waals surface area contributed by atoms with Gasteiger partial charge in [0.15, 0.2) is 6.33 Å². The van der Waals surface area contributed by atoms with Gasteiger partial charge >= 0.3 is 11.2 Å². The average molecular weight is 385 g/mol. The van der Waals surface area contributed by atoms with Crippen LogP contribution in [0.3, 0.4) is 0 Å². The van der Waals surface area contributed by atoms with Gasteiger partial charge in [-0.2, -0.15) is 0 Å². The Labute approximate surface area is 149 Å². The van der Waals surface area contributed by atoms with E-state index in [1.807, 2.05) is 48.3 Å². The summed E-state index contributed by atoms with van der Waals surface area (Å²) in [5.41, 5.74) is 1.67. The normalized spacial score (nSPS) is 11.3. The minimum atomic E-state index is -4.94. The Morgan fingerprint density at radius 1 is 1.00 bits per heavy atom. The van der Waals surface area contributed by atoms with E-state index >= 15 is 0 Å². The van der Waals surface area contributed by atoms with Crippen LogP contribution in [0.15, 0.2) is 46.2 Å². The molecule has 0 amide bonds. The first-order valence-electron chi connectivity index (χ1n) is 7.31. The van der Waals surface area contributed by atoms with Gasteiger partial charge in [0, 0.05) is 7.05 Å². The number of nitrogens with zero attached hydrogens (tertiary/aromatic N) is 4. The highest BCUT2D eigenvalue weighted by molar-refractivity contribution is 5.66. The summed E-state index contributed by atoms with van der Waals surface area (Å²) in [5, 5.41) is 0. The summed E-state index contributed by atoms with van der Waals surface area (Å²) in [5.74, 6) is 0. The number of hydrogen-bond donors (Lipinski definition) is 0. The number of rotatable bonds is 2. The van der Waals surface area contributed by atoms with E-state index in [0.29, 0.717) is 17.7 Å². The van der Waals surface area contributed by atoms with Crippen molar-refractivity contribution in [3.63, 3.8) is 0 Å². The lowest BCUT2D eigenvalue weighted by atomic mass is 10.2. The molecule has 26 heavy (non-hydrogen) atoms. The maximum absolute atomic E-state index is 12.4. The minimum Gasteiger partial charge on any atom is -0.265 e. The van der Waals surface area contributed by atoms with E-state index < -0.39 is 10.2 Å². The fourth-order valence-corrected chi connectivity index (χ4v) is 2.69. The number of benzene rings is 1. The Kier molecular flexibility index (Phi) is 5.64. The van der Waals surface area contributed by atoms with Crippen molar-refractivity contribution in [2.24, 2.45) is 21.1 Å². The first-order chi connectivity index (χ1) is 12.0. The maximum Gasteiger partial charge on any atom is 0.388 e. The van der Waals surface area contributed by atoms with Crippen molar-refractivity contribution >= 4 is 11.2 Å². The van der Waals surface area contributed by atoms with Gasteiger partial charge in [0.2, 0.25) is 5.52 Å². The first kappa shape index (κ1) is 19.8. The number of imidazole rings is 1. The molecular formula is C15H17ClN4O6. The lowest BCUT2D eigenvalue weighted by Gasteiger charge is -2.17. The van der Waals surface area contributed by atoms with Crippen molar-refractivity contribution in [3.8, 4) is 0 Å². The second kappa shape index (κ2) is 7.40. The van der Waals surface area contributed by atoms with Gasteiger partial charge in [0.1, 0.15) is 0 Å². The SMILES string of the molecule is Cn1c(=O)c2c(n(C)c1=O)[n+](C)cn2Cc1ccccc1.[O-][Cl+3]([O-])([O-])[O-]. The number of fused-ring (bicyclic) bond motifs is 1. The van der Waals surface area contributed by atoms with Crippen molar-refractivity contribution in [2.45, 2.75) is 6.54 Å². The van der Waals surface area contributed by atoms with Gasteiger partial charge in [-0.05, 0) is 5.56 Å². The molecule has 0 aliphatic rings. The van der Waals surface area contributed by atoms with Gasteiger partial charge in [-0.3, -0.25) is 9.36 Å². The van der Waals surface area contributed by atoms with Crippen LogP contribution in [-0.4, -0.2) is 13.7 Å². The molecule has 3 rings (SSSR count). The molecule has 3 aromatic rings. The average Bonchev–Trinajstić information content (AvgIpc) is 2.86. The fraction of sp³-hybridized carbons (Fsp3) is 0.267. The number of aromatic nitrogens is 4. The quantitative estimate of drug-likeness (QED) is 0.405. The summed E-state index contributed by atoms with van der Waals surface area (Å²) in [6, 6.07) is 9.92. The van der Waals surface area contributed by atoms with Gasteiger partial charge in [-0.1, -0.05) is 30.3 Å². The third-order valence-electron chi connectivity index (χ3n) is 3.74. The lowest BCUT2D eigenvalue weighted by molar-refractivity contribution is -2.00. The van der Waals surface area contributed by atoms with Gasteiger partial charge in [-0.25, -0.2) is 37.1 Å². The largest absolute Gasteiger partial charge is 0.388 e. The first-order valence-corrected chi connectivity index (χ1v) is 8.54. The third-order valence-corrected chi connectivity index (χ3v) is 3.74. The van der Waals surface area contributed by atoms with Gasteiger partial charge in [-0.15, -0.1) is 10.2 Å². The van der Waals surface area contributed by atoms with Crippen LogP contribution in [0.5, 0.6) is 0 Å². The maximum atomic E-state index is 12.4. The lowest BCUT2D eigenvalue weighted by Crippen LogP contribution is -2.68. The van der Waals surface area contributed by atoms with Crippen LogP contribution in [0.2, 0.25) is 0 Å². The monoisotopic (exact) mass is 384 g/mol. The second-order valence-corrected chi connectivity index (χ2v) is 6.35. The molecule has 10 nitrogen and oxygen atoms in total. The summed E-state index contributed by atoms with van der Waals surface area (Å²) in [6.07, 6.45) is 1.85. The summed E-state index contributed by atoms with van der Waals surface area (Å²) in [6.45, 7) is 0.589. The molecule has 0 unspecified atom stereocenters. The van der Waals surface area contributed by atoms with Crippen LogP contribution in [-0.2, 0) is 27.7 Å². The molecule has 0 radical (unpaired) electrons. The standard InChI is InChI=1S/C15H17N4O2.ClHO4/c1-16-10-19(9-11-7-5-4-6-8-11)12-13(16)17(2)15(21)18(3)14(12)20;2-1(3,4)5/h4-8,10H,9H2,1-3H3;(H,2,3,4,5)/q+1;/p-1. The Balaban J connectivity index is 0.000000431. The van der Waals surface area contributed by atoms with Crippen LogP contribution >= 0.6 is 0 Å². The Morgan fingerprint density at radius 3 is 2.08 bits per heavy atom. The highest BCUT2D eigenvalue weighted by Crippen LogP contribution is 2.07. The van der Waals surface area contributed by atoms with E-state index in [-0.39, 0.29) is 11.2 Å². The van der Waals surface area contributed by atoms with E-state index in [2.05, 4.69) is 0 Å². The van der Waals surface area contributed by atoms with Crippen molar-refractivity contribution in [1.82, 2.24) is 13.7 Å². The van der Waals surface area contributed by atoms with Gasteiger partial charge in [0.05, 0.1) is 20.6 Å². The van der Waals surface area contributed by atoms with Crippen LogP contribution in [0.4, 0.5) is 0 Å². The van der Waals surface area contributed by atoms with Gasteiger partial charge in [0.25, 0.3) is 5.65 Å². The van der Waals surface area contributed by atoms with E-state index in [9.17, 15) is 9.59 Å². The van der Waals surface area contributed by atoms with Crippen molar-refractivity contribution in [3.05, 3.63) is 63.1 Å².